The molecule has 0 heterocycles. The van der Waals surface area contributed by atoms with Crippen LogP contribution in [-0.2, 0) is 11.2 Å². The lowest BCUT2D eigenvalue weighted by atomic mass is 10.1. The maximum atomic E-state index is 11.4. The van der Waals surface area contributed by atoms with Crippen molar-refractivity contribution in [1.82, 2.24) is 5.32 Å². The summed E-state index contributed by atoms with van der Waals surface area (Å²) in [4.78, 5) is 11.4. The minimum absolute atomic E-state index is 0.0529. The zero-order chi connectivity index (χ0) is 14.3. The number of amides is 1. The van der Waals surface area contributed by atoms with Crippen LogP contribution in [0.5, 0.6) is 5.75 Å². The van der Waals surface area contributed by atoms with Gasteiger partial charge in [0.1, 0.15) is 5.75 Å². The van der Waals surface area contributed by atoms with Gasteiger partial charge in [0.15, 0.2) is 6.61 Å². The molecule has 1 aromatic rings. The first-order valence-electron chi connectivity index (χ1n) is 6.74. The van der Waals surface area contributed by atoms with Crippen molar-refractivity contribution >= 4 is 5.91 Å². The molecule has 19 heavy (non-hydrogen) atoms. The van der Waals surface area contributed by atoms with Crippen LogP contribution in [0.25, 0.3) is 0 Å². The van der Waals surface area contributed by atoms with Crippen molar-refractivity contribution in [3.8, 4) is 5.75 Å². The van der Waals surface area contributed by atoms with Gasteiger partial charge in [-0.3, -0.25) is 4.79 Å². The zero-order valence-electron chi connectivity index (χ0n) is 12.0. The second kappa shape index (κ2) is 7.79. The average Bonchev–Trinajstić information content (AvgIpc) is 2.34. The predicted octanol–water partition coefficient (Wildman–Crippen LogP) is 1.87. The number of ether oxygens (including phenoxy) is 1. The molecule has 0 aliphatic rings. The summed E-state index contributed by atoms with van der Waals surface area (Å²) in [5, 5.41) is 2.78. The molecule has 0 aliphatic carbocycles. The number of rotatable bonds is 7. The third-order valence-corrected chi connectivity index (χ3v) is 2.63. The Hall–Kier alpha value is -1.55. The van der Waals surface area contributed by atoms with Gasteiger partial charge in [-0.2, -0.15) is 0 Å². The molecular weight excluding hydrogens is 240 g/mol. The normalized spacial score (nSPS) is 12.3. The zero-order valence-corrected chi connectivity index (χ0v) is 12.0. The summed E-state index contributed by atoms with van der Waals surface area (Å²) < 4.78 is 5.41. The molecule has 1 aromatic carbocycles. The first-order valence-corrected chi connectivity index (χ1v) is 6.74. The predicted molar refractivity (Wildman–Crippen MR) is 77.2 cm³/mol. The Morgan fingerprint density at radius 3 is 2.42 bits per heavy atom. The van der Waals surface area contributed by atoms with Crippen LogP contribution in [0, 0.1) is 0 Å². The first-order chi connectivity index (χ1) is 8.97. The molecule has 4 heteroatoms. The number of carbonyl (C=O) groups is 1. The van der Waals surface area contributed by atoms with Gasteiger partial charge < -0.3 is 15.8 Å². The van der Waals surface area contributed by atoms with Crippen LogP contribution >= 0.6 is 0 Å². The molecule has 0 radical (unpaired) electrons. The van der Waals surface area contributed by atoms with Crippen LogP contribution in [-0.4, -0.2) is 24.6 Å². The van der Waals surface area contributed by atoms with Crippen LogP contribution in [0.3, 0.4) is 0 Å². The number of hydrogen-bond acceptors (Lipinski definition) is 3. The van der Waals surface area contributed by atoms with Crippen molar-refractivity contribution in [3.63, 3.8) is 0 Å². The van der Waals surface area contributed by atoms with E-state index in [9.17, 15) is 4.79 Å². The van der Waals surface area contributed by atoms with E-state index in [-0.39, 0.29) is 24.6 Å². The van der Waals surface area contributed by atoms with E-state index in [2.05, 4.69) is 5.32 Å². The maximum Gasteiger partial charge on any atom is 0.258 e. The molecule has 0 spiro atoms. The van der Waals surface area contributed by atoms with Gasteiger partial charge in [0.25, 0.3) is 5.91 Å². The maximum absolute atomic E-state index is 11.4. The SMILES string of the molecule is CC(N)CCc1ccc(OCC(=O)NC(C)C)cc1. The molecular formula is C15H24N2O2. The summed E-state index contributed by atoms with van der Waals surface area (Å²) in [6, 6.07) is 8.15. The minimum Gasteiger partial charge on any atom is -0.484 e. The molecule has 0 saturated carbocycles. The average molecular weight is 264 g/mol. The summed E-state index contributed by atoms with van der Waals surface area (Å²) in [5.74, 6) is 0.611. The van der Waals surface area contributed by atoms with Gasteiger partial charge in [-0.05, 0) is 51.3 Å². The Bertz CT molecular complexity index is 386. The molecule has 0 aromatic heterocycles. The fraction of sp³-hybridized carbons (Fsp3) is 0.533. The molecule has 1 unspecified atom stereocenters. The standard InChI is InChI=1S/C15H24N2O2/c1-11(2)17-15(18)10-19-14-8-6-13(7-9-14)5-4-12(3)16/h6-9,11-12H,4-5,10,16H2,1-3H3,(H,17,18). The van der Waals surface area contributed by atoms with Crippen LogP contribution in [0.2, 0.25) is 0 Å². The quantitative estimate of drug-likeness (QED) is 0.790. The highest BCUT2D eigenvalue weighted by Gasteiger charge is 2.04. The number of nitrogens with two attached hydrogens (primary N) is 1. The van der Waals surface area contributed by atoms with Crippen molar-refractivity contribution in [2.45, 2.75) is 45.7 Å². The van der Waals surface area contributed by atoms with E-state index < -0.39 is 0 Å². The van der Waals surface area contributed by atoms with E-state index in [1.807, 2.05) is 45.0 Å². The fourth-order valence-electron chi connectivity index (χ4n) is 1.66. The molecule has 1 atom stereocenters. The topological polar surface area (TPSA) is 64.3 Å². The van der Waals surface area contributed by atoms with Gasteiger partial charge in [0.2, 0.25) is 0 Å². The Balaban J connectivity index is 2.37. The largest absolute Gasteiger partial charge is 0.484 e. The highest BCUT2D eigenvalue weighted by Crippen LogP contribution is 2.13. The molecule has 1 amide bonds. The Morgan fingerprint density at radius 1 is 1.26 bits per heavy atom. The number of benzene rings is 1. The fourth-order valence-corrected chi connectivity index (χ4v) is 1.66. The highest BCUT2D eigenvalue weighted by atomic mass is 16.5. The molecule has 0 bridgehead atoms. The number of carbonyl (C=O) groups excluding carboxylic acids is 1. The van der Waals surface area contributed by atoms with Crippen LogP contribution in [0.4, 0.5) is 0 Å². The van der Waals surface area contributed by atoms with Gasteiger partial charge in [0.05, 0.1) is 0 Å². The van der Waals surface area contributed by atoms with Gasteiger partial charge in [-0.15, -0.1) is 0 Å². The molecule has 1 rings (SSSR count). The van der Waals surface area contributed by atoms with E-state index in [1.54, 1.807) is 0 Å². The van der Waals surface area contributed by atoms with Crippen LogP contribution in [0.15, 0.2) is 24.3 Å². The Kier molecular flexibility index (Phi) is 6.36. The summed E-state index contributed by atoms with van der Waals surface area (Å²) >= 11 is 0. The summed E-state index contributed by atoms with van der Waals surface area (Å²) in [6.07, 6.45) is 1.93. The summed E-state index contributed by atoms with van der Waals surface area (Å²) in [5.41, 5.74) is 6.95. The monoisotopic (exact) mass is 264 g/mol. The van der Waals surface area contributed by atoms with Gasteiger partial charge in [-0.25, -0.2) is 0 Å². The lowest BCUT2D eigenvalue weighted by Crippen LogP contribution is -2.34. The van der Waals surface area contributed by atoms with E-state index in [0.717, 1.165) is 12.8 Å². The second-order valence-corrected chi connectivity index (χ2v) is 5.17. The summed E-state index contributed by atoms with van der Waals surface area (Å²) in [6.45, 7) is 5.90. The van der Waals surface area contributed by atoms with Crippen molar-refractivity contribution in [2.75, 3.05) is 6.61 Å². The smallest absolute Gasteiger partial charge is 0.258 e. The van der Waals surface area contributed by atoms with E-state index >= 15 is 0 Å². The van der Waals surface area contributed by atoms with E-state index in [1.165, 1.54) is 5.56 Å². The second-order valence-electron chi connectivity index (χ2n) is 5.17. The minimum atomic E-state index is -0.101. The van der Waals surface area contributed by atoms with Gasteiger partial charge >= 0.3 is 0 Å². The van der Waals surface area contributed by atoms with Crippen molar-refractivity contribution in [1.29, 1.82) is 0 Å². The van der Waals surface area contributed by atoms with Crippen molar-refractivity contribution in [3.05, 3.63) is 29.8 Å². The Labute approximate surface area is 115 Å². The lowest BCUT2D eigenvalue weighted by Gasteiger charge is -2.10. The molecule has 4 nitrogen and oxygen atoms in total. The molecule has 0 aliphatic heterocycles. The third kappa shape index (κ3) is 6.82. The lowest BCUT2D eigenvalue weighted by molar-refractivity contribution is -0.123. The molecule has 0 fully saturated rings. The van der Waals surface area contributed by atoms with Crippen LogP contribution in [0.1, 0.15) is 32.8 Å². The van der Waals surface area contributed by atoms with Gasteiger partial charge in [-0.1, -0.05) is 12.1 Å². The molecule has 0 saturated heterocycles. The molecule has 106 valence electrons. The van der Waals surface area contributed by atoms with E-state index in [4.69, 9.17) is 10.5 Å². The van der Waals surface area contributed by atoms with Crippen molar-refractivity contribution < 1.29 is 9.53 Å². The number of nitrogens with one attached hydrogen (secondary N) is 1. The summed E-state index contributed by atoms with van der Waals surface area (Å²) in [7, 11) is 0. The van der Waals surface area contributed by atoms with Crippen LogP contribution < -0.4 is 15.8 Å². The number of hydrogen-bond donors (Lipinski definition) is 2. The molecule has 3 N–H and O–H groups in total. The first kappa shape index (κ1) is 15.5. The van der Waals surface area contributed by atoms with Crippen molar-refractivity contribution in [2.24, 2.45) is 5.73 Å². The van der Waals surface area contributed by atoms with Gasteiger partial charge in [0, 0.05) is 12.1 Å². The Morgan fingerprint density at radius 2 is 1.89 bits per heavy atom. The van der Waals surface area contributed by atoms with E-state index in [0.29, 0.717) is 5.75 Å². The third-order valence-electron chi connectivity index (χ3n) is 2.63. The number of aryl methyl sites for hydroxylation is 1. The highest BCUT2D eigenvalue weighted by molar-refractivity contribution is 5.77.